The van der Waals surface area contributed by atoms with Crippen LogP contribution in [0.5, 0.6) is 0 Å². The Morgan fingerprint density at radius 3 is 2.56 bits per heavy atom. The summed E-state index contributed by atoms with van der Waals surface area (Å²) < 4.78 is 32.4. The summed E-state index contributed by atoms with van der Waals surface area (Å²) in [5.74, 6) is 0. The van der Waals surface area contributed by atoms with E-state index in [0.717, 1.165) is 4.47 Å². The summed E-state index contributed by atoms with van der Waals surface area (Å²) in [6.07, 6.45) is 0. The van der Waals surface area contributed by atoms with Crippen molar-refractivity contribution in [1.82, 2.24) is 4.31 Å². The van der Waals surface area contributed by atoms with Crippen LogP contribution in [0.25, 0.3) is 0 Å². The Kier molecular flexibility index (Phi) is 5.79. The van der Waals surface area contributed by atoms with Gasteiger partial charge in [0, 0.05) is 29.1 Å². The summed E-state index contributed by atoms with van der Waals surface area (Å²) in [5.41, 5.74) is 0. The van der Waals surface area contributed by atoms with Crippen molar-refractivity contribution in [3.8, 4) is 0 Å². The van der Waals surface area contributed by atoms with Crippen molar-refractivity contribution in [3.05, 3.63) is 27.1 Å². The van der Waals surface area contributed by atoms with E-state index in [9.17, 15) is 8.42 Å². The SMILES string of the molecule is COCC(C)N(C)S(=O)(=O)c1cc(Br)ccc1Br. The molecule has 1 rings (SSSR count). The topological polar surface area (TPSA) is 46.6 Å². The summed E-state index contributed by atoms with van der Waals surface area (Å²) in [7, 11) is -0.442. The molecule has 0 radical (unpaired) electrons. The molecule has 0 fully saturated rings. The molecule has 0 spiro atoms. The van der Waals surface area contributed by atoms with Crippen molar-refractivity contribution in [3.63, 3.8) is 0 Å². The summed E-state index contributed by atoms with van der Waals surface area (Å²) in [5, 5.41) is 0. The van der Waals surface area contributed by atoms with Gasteiger partial charge < -0.3 is 4.74 Å². The fraction of sp³-hybridized carbons (Fsp3) is 0.455. The maximum absolute atomic E-state index is 12.4. The highest BCUT2D eigenvalue weighted by Gasteiger charge is 2.27. The fourth-order valence-electron chi connectivity index (χ4n) is 1.41. The van der Waals surface area contributed by atoms with Crippen molar-refractivity contribution in [2.45, 2.75) is 17.9 Å². The highest BCUT2D eigenvalue weighted by atomic mass is 79.9. The van der Waals surface area contributed by atoms with E-state index < -0.39 is 10.0 Å². The zero-order valence-corrected chi connectivity index (χ0v) is 14.3. The maximum atomic E-state index is 12.4. The number of hydrogen-bond acceptors (Lipinski definition) is 3. The second-order valence-corrected chi connectivity index (χ2v) is 7.64. The third kappa shape index (κ3) is 3.54. The van der Waals surface area contributed by atoms with Crippen LogP contribution in [0.1, 0.15) is 6.92 Å². The van der Waals surface area contributed by atoms with Crippen molar-refractivity contribution in [1.29, 1.82) is 0 Å². The Morgan fingerprint density at radius 1 is 1.39 bits per heavy atom. The number of ether oxygens (including phenoxy) is 1. The van der Waals surface area contributed by atoms with Gasteiger partial charge in [-0.15, -0.1) is 0 Å². The van der Waals surface area contributed by atoms with Gasteiger partial charge in [0.2, 0.25) is 10.0 Å². The van der Waals surface area contributed by atoms with Gasteiger partial charge in [0.25, 0.3) is 0 Å². The highest BCUT2D eigenvalue weighted by molar-refractivity contribution is 9.11. The van der Waals surface area contributed by atoms with Crippen LogP contribution in [0.2, 0.25) is 0 Å². The van der Waals surface area contributed by atoms with Crippen molar-refractivity contribution in [2.75, 3.05) is 20.8 Å². The molecule has 102 valence electrons. The first kappa shape index (κ1) is 16.1. The Labute approximate surface area is 125 Å². The van der Waals surface area contributed by atoms with Gasteiger partial charge in [-0.05, 0) is 41.1 Å². The molecule has 0 saturated heterocycles. The Hall–Kier alpha value is 0.0500. The predicted octanol–water partition coefficient (Wildman–Crippen LogP) is 2.87. The van der Waals surface area contributed by atoms with Crippen molar-refractivity contribution in [2.24, 2.45) is 0 Å². The first-order valence-corrected chi connectivity index (χ1v) is 8.25. The van der Waals surface area contributed by atoms with Crippen LogP contribution in [0.15, 0.2) is 32.0 Å². The van der Waals surface area contributed by atoms with Gasteiger partial charge in [-0.2, -0.15) is 4.31 Å². The second kappa shape index (κ2) is 6.47. The van der Waals surface area contributed by atoms with Crippen LogP contribution in [0, 0.1) is 0 Å². The quantitative estimate of drug-likeness (QED) is 0.763. The lowest BCUT2D eigenvalue weighted by Crippen LogP contribution is -2.37. The zero-order valence-electron chi connectivity index (χ0n) is 10.4. The fourth-order valence-corrected chi connectivity index (χ4v) is 4.22. The molecule has 0 amide bonds. The van der Waals surface area contributed by atoms with Crippen LogP contribution in [0.3, 0.4) is 0 Å². The molecule has 0 aromatic heterocycles. The molecule has 18 heavy (non-hydrogen) atoms. The summed E-state index contributed by atoms with van der Waals surface area (Å²) in [6, 6.07) is 4.83. The first-order valence-electron chi connectivity index (χ1n) is 5.22. The van der Waals surface area contributed by atoms with Crippen molar-refractivity contribution < 1.29 is 13.2 Å². The van der Waals surface area contributed by atoms with E-state index in [1.54, 1.807) is 39.3 Å². The lowest BCUT2D eigenvalue weighted by atomic mass is 10.4. The van der Waals surface area contributed by atoms with E-state index in [1.807, 2.05) is 0 Å². The Balaban J connectivity index is 3.17. The normalized spacial score (nSPS) is 13.9. The number of likely N-dealkylation sites (N-methyl/N-ethyl adjacent to an activating group) is 1. The first-order chi connectivity index (χ1) is 8.30. The molecule has 1 aromatic carbocycles. The molecule has 1 unspecified atom stereocenters. The number of methoxy groups -OCH3 is 1. The zero-order chi connectivity index (χ0) is 13.9. The number of nitrogens with zero attached hydrogens (tertiary/aromatic N) is 1. The van der Waals surface area contributed by atoms with Gasteiger partial charge in [0.05, 0.1) is 11.5 Å². The third-order valence-corrected chi connectivity index (χ3v) is 6.04. The minimum absolute atomic E-state index is 0.231. The van der Waals surface area contributed by atoms with E-state index in [-0.39, 0.29) is 10.9 Å². The van der Waals surface area contributed by atoms with E-state index in [0.29, 0.717) is 11.1 Å². The van der Waals surface area contributed by atoms with Crippen LogP contribution in [0.4, 0.5) is 0 Å². The predicted molar refractivity (Wildman–Crippen MR) is 78.1 cm³/mol. The molecule has 0 aliphatic carbocycles. The maximum Gasteiger partial charge on any atom is 0.244 e. The largest absolute Gasteiger partial charge is 0.383 e. The lowest BCUT2D eigenvalue weighted by Gasteiger charge is -2.24. The standard InChI is InChI=1S/C11H15Br2NO3S/c1-8(7-17-3)14(2)18(15,16)11-6-9(12)4-5-10(11)13/h4-6,8H,7H2,1-3H3. The van der Waals surface area contributed by atoms with Crippen LogP contribution >= 0.6 is 31.9 Å². The third-order valence-electron chi connectivity index (χ3n) is 2.58. The molecule has 0 saturated carbocycles. The molecule has 0 N–H and O–H groups in total. The molecule has 1 aromatic rings. The summed E-state index contributed by atoms with van der Waals surface area (Å²) in [4.78, 5) is 0.238. The molecular weight excluding hydrogens is 386 g/mol. The van der Waals surface area contributed by atoms with E-state index in [2.05, 4.69) is 31.9 Å². The van der Waals surface area contributed by atoms with Gasteiger partial charge in [0.1, 0.15) is 0 Å². The molecule has 7 heteroatoms. The van der Waals surface area contributed by atoms with Gasteiger partial charge in [0.15, 0.2) is 0 Å². The Morgan fingerprint density at radius 2 is 2.00 bits per heavy atom. The molecular formula is C11H15Br2NO3S. The highest BCUT2D eigenvalue weighted by Crippen LogP contribution is 2.28. The Bertz CT molecular complexity index is 519. The van der Waals surface area contributed by atoms with Gasteiger partial charge >= 0.3 is 0 Å². The minimum Gasteiger partial charge on any atom is -0.383 e. The number of sulfonamides is 1. The molecule has 0 aliphatic rings. The minimum atomic E-state index is -3.54. The monoisotopic (exact) mass is 399 g/mol. The van der Waals surface area contributed by atoms with Crippen LogP contribution < -0.4 is 0 Å². The molecule has 4 nitrogen and oxygen atoms in total. The smallest absolute Gasteiger partial charge is 0.244 e. The molecule has 1 atom stereocenters. The number of hydrogen-bond donors (Lipinski definition) is 0. The van der Waals surface area contributed by atoms with Gasteiger partial charge in [-0.25, -0.2) is 8.42 Å². The van der Waals surface area contributed by atoms with E-state index in [4.69, 9.17) is 4.74 Å². The van der Waals surface area contributed by atoms with Gasteiger partial charge in [-0.1, -0.05) is 15.9 Å². The average molecular weight is 401 g/mol. The number of rotatable bonds is 5. The average Bonchev–Trinajstić information content (AvgIpc) is 2.31. The second-order valence-electron chi connectivity index (χ2n) is 3.90. The van der Waals surface area contributed by atoms with Crippen LogP contribution in [-0.2, 0) is 14.8 Å². The lowest BCUT2D eigenvalue weighted by molar-refractivity contribution is 0.149. The van der Waals surface area contributed by atoms with E-state index in [1.165, 1.54) is 4.31 Å². The van der Waals surface area contributed by atoms with Crippen LogP contribution in [-0.4, -0.2) is 39.5 Å². The molecule has 0 aliphatic heterocycles. The summed E-state index contributed by atoms with van der Waals surface area (Å²) in [6.45, 7) is 2.15. The van der Waals surface area contributed by atoms with Gasteiger partial charge in [-0.3, -0.25) is 0 Å². The van der Waals surface area contributed by atoms with Crippen molar-refractivity contribution >= 4 is 41.9 Å². The number of halogens is 2. The van der Waals surface area contributed by atoms with E-state index >= 15 is 0 Å². The molecule has 0 bridgehead atoms. The molecule has 0 heterocycles. The summed E-state index contributed by atoms with van der Waals surface area (Å²) >= 11 is 6.54. The number of benzene rings is 1.